The van der Waals surface area contributed by atoms with Crippen LogP contribution in [0.4, 0.5) is 0 Å². The molecule has 0 amide bonds. The van der Waals surface area contributed by atoms with Crippen LogP contribution in [0.15, 0.2) is 0 Å². The molecule has 0 aromatic heterocycles. The lowest BCUT2D eigenvalue weighted by molar-refractivity contribution is -0.156. The Morgan fingerprint density at radius 2 is 1.82 bits per heavy atom. The highest BCUT2D eigenvalue weighted by atomic mass is 16.5. The number of esters is 1. The van der Waals surface area contributed by atoms with Crippen molar-refractivity contribution in [3.63, 3.8) is 0 Å². The fraction of sp³-hybridized carbons (Fsp3) is 0.929. The van der Waals surface area contributed by atoms with Gasteiger partial charge in [-0.1, -0.05) is 13.8 Å². The normalized spacial score (nSPS) is 21.2. The SMILES string of the molecule is COC(=O)C(C)(C)COC1CCC(C)(C)CC1. The number of carbonyl (C=O) groups is 1. The number of hydrogen-bond acceptors (Lipinski definition) is 3. The van der Waals surface area contributed by atoms with Crippen LogP contribution in [0.25, 0.3) is 0 Å². The highest BCUT2D eigenvalue weighted by molar-refractivity contribution is 5.75. The predicted octanol–water partition coefficient (Wildman–Crippen LogP) is 3.17. The number of ether oxygens (including phenoxy) is 2. The van der Waals surface area contributed by atoms with Gasteiger partial charge in [0.25, 0.3) is 0 Å². The third kappa shape index (κ3) is 4.30. The second-order valence-corrected chi connectivity index (χ2v) is 6.55. The van der Waals surface area contributed by atoms with Crippen LogP contribution in [0.5, 0.6) is 0 Å². The molecule has 100 valence electrons. The lowest BCUT2D eigenvalue weighted by atomic mass is 9.76. The third-order valence-corrected chi connectivity index (χ3v) is 3.70. The van der Waals surface area contributed by atoms with E-state index in [1.54, 1.807) is 0 Å². The van der Waals surface area contributed by atoms with Crippen LogP contribution < -0.4 is 0 Å². The van der Waals surface area contributed by atoms with Crippen molar-refractivity contribution in [3.8, 4) is 0 Å². The van der Waals surface area contributed by atoms with E-state index in [4.69, 9.17) is 9.47 Å². The van der Waals surface area contributed by atoms with Gasteiger partial charge in [-0.15, -0.1) is 0 Å². The van der Waals surface area contributed by atoms with Gasteiger partial charge in [-0.25, -0.2) is 0 Å². The first kappa shape index (κ1) is 14.5. The Morgan fingerprint density at radius 3 is 2.29 bits per heavy atom. The third-order valence-electron chi connectivity index (χ3n) is 3.70. The summed E-state index contributed by atoms with van der Waals surface area (Å²) in [7, 11) is 1.42. The van der Waals surface area contributed by atoms with Gasteiger partial charge in [-0.3, -0.25) is 4.79 Å². The zero-order chi connectivity index (χ0) is 13.1. The van der Waals surface area contributed by atoms with Crippen molar-refractivity contribution < 1.29 is 14.3 Å². The number of hydrogen-bond donors (Lipinski definition) is 0. The highest BCUT2D eigenvalue weighted by Gasteiger charge is 2.32. The molecule has 0 spiro atoms. The van der Waals surface area contributed by atoms with Crippen molar-refractivity contribution >= 4 is 5.97 Å². The van der Waals surface area contributed by atoms with Gasteiger partial charge in [0.15, 0.2) is 0 Å². The summed E-state index contributed by atoms with van der Waals surface area (Å²) in [6, 6.07) is 0. The first-order valence-corrected chi connectivity index (χ1v) is 6.47. The summed E-state index contributed by atoms with van der Waals surface area (Å²) in [6.07, 6.45) is 4.92. The van der Waals surface area contributed by atoms with Crippen LogP contribution in [0.3, 0.4) is 0 Å². The number of methoxy groups -OCH3 is 1. The van der Waals surface area contributed by atoms with Crippen LogP contribution in [0.2, 0.25) is 0 Å². The Kier molecular flexibility index (Phi) is 4.59. The monoisotopic (exact) mass is 242 g/mol. The molecular weight excluding hydrogens is 216 g/mol. The molecule has 0 heterocycles. The van der Waals surface area contributed by atoms with Gasteiger partial charge >= 0.3 is 5.97 Å². The van der Waals surface area contributed by atoms with Gasteiger partial charge in [-0.2, -0.15) is 0 Å². The van der Waals surface area contributed by atoms with E-state index in [0.29, 0.717) is 18.1 Å². The van der Waals surface area contributed by atoms with E-state index in [1.165, 1.54) is 20.0 Å². The van der Waals surface area contributed by atoms with E-state index in [0.717, 1.165) is 12.8 Å². The molecule has 1 fully saturated rings. The van der Waals surface area contributed by atoms with Crippen LogP contribution in [0, 0.1) is 10.8 Å². The van der Waals surface area contributed by atoms with Crippen molar-refractivity contribution in [1.82, 2.24) is 0 Å². The molecule has 0 aromatic rings. The zero-order valence-corrected chi connectivity index (χ0v) is 11.8. The predicted molar refractivity (Wildman–Crippen MR) is 67.8 cm³/mol. The second-order valence-electron chi connectivity index (χ2n) is 6.55. The lowest BCUT2D eigenvalue weighted by Gasteiger charge is -2.35. The Morgan fingerprint density at radius 1 is 1.29 bits per heavy atom. The standard InChI is InChI=1S/C14H26O3/c1-13(2)8-6-11(7-9-13)17-10-14(3,4)12(15)16-5/h11H,6-10H2,1-5H3. The Hall–Kier alpha value is -0.570. The average Bonchev–Trinajstić information content (AvgIpc) is 2.26. The number of rotatable bonds is 4. The molecule has 0 bridgehead atoms. The van der Waals surface area contributed by atoms with E-state index < -0.39 is 5.41 Å². The van der Waals surface area contributed by atoms with Gasteiger partial charge in [0, 0.05) is 0 Å². The summed E-state index contributed by atoms with van der Waals surface area (Å²) < 4.78 is 10.6. The van der Waals surface area contributed by atoms with E-state index in [2.05, 4.69) is 13.8 Å². The van der Waals surface area contributed by atoms with E-state index in [1.807, 2.05) is 13.8 Å². The first-order valence-electron chi connectivity index (χ1n) is 6.47. The van der Waals surface area contributed by atoms with Gasteiger partial charge in [0.1, 0.15) is 0 Å². The van der Waals surface area contributed by atoms with Crippen LogP contribution in [-0.4, -0.2) is 25.8 Å². The van der Waals surface area contributed by atoms with Gasteiger partial charge in [0.05, 0.1) is 25.2 Å². The molecule has 1 rings (SSSR count). The van der Waals surface area contributed by atoms with Crippen LogP contribution >= 0.6 is 0 Å². The molecule has 0 radical (unpaired) electrons. The van der Waals surface area contributed by atoms with Crippen molar-refractivity contribution in [3.05, 3.63) is 0 Å². The van der Waals surface area contributed by atoms with Crippen molar-refractivity contribution in [2.75, 3.05) is 13.7 Å². The van der Waals surface area contributed by atoms with Crippen molar-refractivity contribution in [2.45, 2.75) is 59.5 Å². The molecule has 3 nitrogen and oxygen atoms in total. The van der Waals surface area contributed by atoms with Crippen molar-refractivity contribution in [2.24, 2.45) is 10.8 Å². The maximum Gasteiger partial charge on any atom is 0.313 e. The van der Waals surface area contributed by atoms with Gasteiger partial charge in [-0.05, 0) is 44.9 Å². The van der Waals surface area contributed by atoms with Crippen molar-refractivity contribution in [1.29, 1.82) is 0 Å². The zero-order valence-electron chi connectivity index (χ0n) is 11.8. The van der Waals surface area contributed by atoms with E-state index >= 15 is 0 Å². The minimum absolute atomic E-state index is 0.200. The maximum atomic E-state index is 11.5. The topological polar surface area (TPSA) is 35.5 Å². The molecule has 1 aliphatic carbocycles. The van der Waals surface area contributed by atoms with E-state index in [-0.39, 0.29) is 5.97 Å². The largest absolute Gasteiger partial charge is 0.469 e. The lowest BCUT2D eigenvalue weighted by Crippen LogP contribution is -2.34. The first-order chi connectivity index (χ1) is 7.77. The minimum Gasteiger partial charge on any atom is -0.469 e. The highest BCUT2D eigenvalue weighted by Crippen LogP contribution is 2.36. The summed E-state index contributed by atoms with van der Waals surface area (Å²) in [5, 5.41) is 0. The summed E-state index contributed by atoms with van der Waals surface area (Å²) in [5.41, 5.74) is -0.0839. The molecule has 3 heteroatoms. The second kappa shape index (κ2) is 5.38. The fourth-order valence-electron chi connectivity index (χ4n) is 2.20. The molecule has 0 aromatic carbocycles. The Balaban J connectivity index is 2.35. The average molecular weight is 242 g/mol. The Labute approximate surface area is 105 Å². The van der Waals surface area contributed by atoms with Gasteiger partial charge < -0.3 is 9.47 Å². The summed E-state index contributed by atoms with van der Waals surface area (Å²) in [4.78, 5) is 11.5. The molecule has 0 saturated heterocycles. The molecule has 17 heavy (non-hydrogen) atoms. The fourth-order valence-corrected chi connectivity index (χ4v) is 2.20. The van der Waals surface area contributed by atoms with Crippen LogP contribution in [0.1, 0.15) is 53.4 Å². The molecule has 1 saturated carbocycles. The summed E-state index contributed by atoms with van der Waals surface area (Å²) >= 11 is 0. The summed E-state index contributed by atoms with van der Waals surface area (Å²) in [6.45, 7) is 8.80. The smallest absolute Gasteiger partial charge is 0.313 e. The maximum absolute atomic E-state index is 11.5. The molecule has 0 aliphatic heterocycles. The Bertz CT molecular complexity index is 259. The number of carbonyl (C=O) groups excluding carboxylic acids is 1. The molecule has 0 N–H and O–H groups in total. The molecule has 1 aliphatic rings. The van der Waals surface area contributed by atoms with Gasteiger partial charge in [0.2, 0.25) is 0 Å². The summed E-state index contributed by atoms with van der Waals surface area (Å²) in [5.74, 6) is -0.200. The molecule has 0 atom stereocenters. The minimum atomic E-state index is -0.540. The van der Waals surface area contributed by atoms with Crippen LogP contribution in [-0.2, 0) is 14.3 Å². The van der Waals surface area contributed by atoms with E-state index in [9.17, 15) is 4.79 Å². The molecule has 0 unspecified atom stereocenters. The quantitative estimate of drug-likeness (QED) is 0.710. The molecular formula is C14H26O3.